The molecule has 0 fully saturated rings. The SMILES string of the molecule is C[C@H](CCCCNC(=O)[C@H]1N=CC[C@@H]1C)C(=O)O. The van der Waals surface area contributed by atoms with Gasteiger partial charge in [-0.15, -0.1) is 0 Å². The van der Waals surface area contributed by atoms with Gasteiger partial charge in [0.15, 0.2) is 0 Å². The number of unbranched alkanes of at least 4 members (excludes halogenated alkanes) is 1. The largest absolute Gasteiger partial charge is 0.481 e. The van der Waals surface area contributed by atoms with E-state index in [0.717, 1.165) is 19.3 Å². The Balaban J connectivity index is 2.09. The fourth-order valence-corrected chi connectivity index (χ4v) is 1.96. The van der Waals surface area contributed by atoms with Crippen molar-refractivity contribution in [3.8, 4) is 0 Å². The summed E-state index contributed by atoms with van der Waals surface area (Å²) in [5, 5.41) is 11.6. The lowest BCUT2D eigenvalue weighted by molar-refractivity contribution is -0.141. The van der Waals surface area contributed by atoms with Crippen LogP contribution in [0, 0.1) is 11.8 Å². The molecule has 1 heterocycles. The highest BCUT2D eigenvalue weighted by Gasteiger charge is 2.26. The van der Waals surface area contributed by atoms with Gasteiger partial charge < -0.3 is 10.4 Å². The highest BCUT2D eigenvalue weighted by molar-refractivity contribution is 5.85. The van der Waals surface area contributed by atoms with Crippen molar-refractivity contribution in [3.63, 3.8) is 0 Å². The van der Waals surface area contributed by atoms with Crippen LogP contribution in [0.3, 0.4) is 0 Å². The molecule has 1 aliphatic rings. The van der Waals surface area contributed by atoms with Crippen LogP contribution >= 0.6 is 0 Å². The number of nitrogens with zero attached hydrogens (tertiary/aromatic N) is 1. The minimum atomic E-state index is -0.756. The molecule has 18 heavy (non-hydrogen) atoms. The maximum atomic E-state index is 11.7. The first-order chi connectivity index (χ1) is 8.52. The Kier molecular flexibility index (Phi) is 5.82. The first kappa shape index (κ1) is 14.7. The van der Waals surface area contributed by atoms with Crippen molar-refractivity contribution in [2.45, 2.75) is 45.6 Å². The second kappa shape index (κ2) is 7.13. The molecule has 102 valence electrons. The van der Waals surface area contributed by atoms with E-state index in [-0.39, 0.29) is 23.8 Å². The Morgan fingerprint density at radius 1 is 1.50 bits per heavy atom. The molecule has 0 aromatic heterocycles. The molecule has 0 bridgehead atoms. The molecule has 0 saturated heterocycles. The van der Waals surface area contributed by atoms with Crippen molar-refractivity contribution in [2.24, 2.45) is 16.8 Å². The van der Waals surface area contributed by atoms with Crippen molar-refractivity contribution >= 4 is 18.1 Å². The van der Waals surface area contributed by atoms with Crippen LogP contribution in [0.15, 0.2) is 4.99 Å². The predicted molar refractivity (Wildman–Crippen MR) is 69.7 cm³/mol. The molecule has 0 saturated carbocycles. The molecule has 3 atom stereocenters. The van der Waals surface area contributed by atoms with Gasteiger partial charge in [0.05, 0.1) is 5.92 Å². The van der Waals surface area contributed by atoms with Gasteiger partial charge in [-0.1, -0.05) is 20.3 Å². The molecule has 1 amide bonds. The lowest BCUT2D eigenvalue weighted by atomic mass is 10.0. The molecule has 0 unspecified atom stereocenters. The number of hydrogen-bond donors (Lipinski definition) is 2. The van der Waals surface area contributed by atoms with Gasteiger partial charge in [-0.05, 0) is 25.2 Å². The molecule has 5 nitrogen and oxygen atoms in total. The van der Waals surface area contributed by atoms with Crippen molar-refractivity contribution in [3.05, 3.63) is 0 Å². The van der Waals surface area contributed by atoms with Gasteiger partial charge in [0.2, 0.25) is 5.91 Å². The third-order valence-corrected chi connectivity index (χ3v) is 3.34. The fourth-order valence-electron chi connectivity index (χ4n) is 1.96. The number of hydrogen-bond acceptors (Lipinski definition) is 3. The third-order valence-electron chi connectivity index (χ3n) is 3.34. The van der Waals surface area contributed by atoms with Crippen LogP contribution in [0.5, 0.6) is 0 Å². The van der Waals surface area contributed by atoms with Crippen LogP contribution in [0.25, 0.3) is 0 Å². The number of carboxylic acid groups (broad SMARTS) is 1. The zero-order valence-corrected chi connectivity index (χ0v) is 11.1. The molecular weight excluding hydrogens is 232 g/mol. The lowest BCUT2D eigenvalue weighted by Crippen LogP contribution is -2.36. The minimum absolute atomic E-state index is 0.0115. The van der Waals surface area contributed by atoms with E-state index in [2.05, 4.69) is 10.3 Å². The summed E-state index contributed by atoms with van der Waals surface area (Å²) in [6.45, 7) is 4.32. The highest BCUT2D eigenvalue weighted by atomic mass is 16.4. The third kappa shape index (κ3) is 4.47. The number of aliphatic imine (C=N–C) groups is 1. The average molecular weight is 254 g/mol. The van der Waals surface area contributed by atoms with Crippen molar-refractivity contribution in [2.75, 3.05) is 6.54 Å². The number of carbonyl (C=O) groups is 2. The molecule has 0 radical (unpaired) electrons. The summed E-state index contributed by atoms with van der Waals surface area (Å²) in [6.07, 6.45) is 4.96. The molecule has 0 aromatic rings. The molecule has 1 aliphatic heterocycles. The number of nitrogens with one attached hydrogen (secondary N) is 1. The molecule has 1 rings (SSSR count). The van der Waals surface area contributed by atoms with Crippen molar-refractivity contribution in [1.29, 1.82) is 0 Å². The van der Waals surface area contributed by atoms with Gasteiger partial charge in [-0.3, -0.25) is 14.6 Å². The fraction of sp³-hybridized carbons (Fsp3) is 0.769. The van der Waals surface area contributed by atoms with Crippen LogP contribution in [0.1, 0.15) is 39.5 Å². The van der Waals surface area contributed by atoms with Gasteiger partial charge >= 0.3 is 5.97 Å². The molecule has 2 N–H and O–H groups in total. The van der Waals surface area contributed by atoms with Gasteiger partial charge in [-0.2, -0.15) is 0 Å². The summed E-state index contributed by atoms with van der Waals surface area (Å²) in [6, 6.07) is -0.233. The molecule has 0 aliphatic carbocycles. The van der Waals surface area contributed by atoms with E-state index in [9.17, 15) is 9.59 Å². The summed E-state index contributed by atoms with van der Waals surface area (Å²) in [5.41, 5.74) is 0. The van der Waals surface area contributed by atoms with Gasteiger partial charge in [0, 0.05) is 12.8 Å². The predicted octanol–water partition coefficient (Wildman–Crippen LogP) is 1.47. The second-order valence-electron chi connectivity index (χ2n) is 5.02. The van der Waals surface area contributed by atoms with E-state index in [1.807, 2.05) is 13.1 Å². The zero-order chi connectivity index (χ0) is 13.5. The molecule has 0 aromatic carbocycles. The van der Waals surface area contributed by atoms with Crippen molar-refractivity contribution < 1.29 is 14.7 Å². The summed E-state index contributed by atoms with van der Waals surface area (Å²) in [4.78, 5) is 26.5. The Morgan fingerprint density at radius 3 is 2.78 bits per heavy atom. The molecule has 5 heteroatoms. The van der Waals surface area contributed by atoms with E-state index in [1.165, 1.54) is 0 Å². The first-order valence-corrected chi connectivity index (χ1v) is 6.54. The summed E-state index contributed by atoms with van der Waals surface area (Å²) in [5.74, 6) is -0.784. The van der Waals surface area contributed by atoms with Gasteiger partial charge in [0.1, 0.15) is 6.04 Å². The summed E-state index contributed by atoms with van der Waals surface area (Å²) < 4.78 is 0. The number of aliphatic carboxylic acids is 1. The second-order valence-corrected chi connectivity index (χ2v) is 5.02. The number of carboxylic acids is 1. The number of amides is 1. The maximum absolute atomic E-state index is 11.7. The van der Waals surface area contributed by atoms with E-state index in [4.69, 9.17) is 5.11 Å². The van der Waals surface area contributed by atoms with Gasteiger partial charge in [-0.25, -0.2) is 0 Å². The normalized spacial score (nSPS) is 23.9. The Labute approximate surface area is 108 Å². The quantitative estimate of drug-likeness (QED) is 0.675. The van der Waals surface area contributed by atoms with E-state index in [1.54, 1.807) is 6.92 Å². The lowest BCUT2D eigenvalue weighted by Gasteiger charge is -2.13. The Bertz CT molecular complexity index is 328. The molecular formula is C13H22N2O3. The Morgan fingerprint density at radius 2 is 2.22 bits per heavy atom. The monoisotopic (exact) mass is 254 g/mol. The van der Waals surface area contributed by atoms with Crippen LogP contribution in [0.4, 0.5) is 0 Å². The van der Waals surface area contributed by atoms with E-state index < -0.39 is 5.97 Å². The number of carbonyl (C=O) groups excluding carboxylic acids is 1. The first-order valence-electron chi connectivity index (χ1n) is 6.54. The average Bonchev–Trinajstić information content (AvgIpc) is 2.74. The Hall–Kier alpha value is -1.39. The van der Waals surface area contributed by atoms with Crippen LogP contribution < -0.4 is 5.32 Å². The smallest absolute Gasteiger partial charge is 0.306 e. The van der Waals surface area contributed by atoms with Crippen LogP contribution in [-0.2, 0) is 9.59 Å². The van der Waals surface area contributed by atoms with Crippen LogP contribution in [-0.4, -0.2) is 35.8 Å². The standard InChI is InChI=1S/C13H22N2O3/c1-9-6-8-14-11(9)12(16)15-7-4-3-5-10(2)13(17)18/h8-11H,3-7H2,1-2H3,(H,15,16)(H,17,18)/t9-,10+,11-/m0/s1. The van der Waals surface area contributed by atoms with Gasteiger partial charge in [0.25, 0.3) is 0 Å². The summed E-state index contributed by atoms with van der Waals surface area (Å²) >= 11 is 0. The van der Waals surface area contributed by atoms with E-state index in [0.29, 0.717) is 13.0 Å². The number of rotatable bonds is 7. The molecule has 0 spiro atoms. The highest BCUT2D eigenvalue weighted by Crippen LogP contribution is 2.16. The minimum Gasteiger partial charge on any atom is -0.481 e. The van der Waals surface area contributed by atoms with Crippen LogP contribution in [0.2, 0.25) is 0 Å². The maximum Gasteiger partial charge on any atom is 0.306 e. The zero-order valence-electron chi connectivity index (χ0n) is 11.1. The van der Waals surface area contributed by atoms with E-state index >= 15 is 0 Å². The summed E-state index contributed by atoms with van der Waals surface area (Å²) in [7, 11) is 0. The van der Waals surface area contributed by atoms with Crippen molar-refractivity contribution in [1.82, 2.24) is 5.32 Å². The topological polar surface area (TPSA) is 78.8 Å².